The third-order valence-electron chi connectivity index (χ3n) is 6.06. The van der Waals surface area contributed by atoms with Crippen molar-refractivity contribution in [1.82, 2.24) is 9.80 Å². The van der Waals surface area contributed by atoms with Crippen LogP contribution < -0.4 is 4.74 Å². The summed E-state index contributed by atoms with van der Waals surface area (Å²) in [5.41, 5.74) is 2.54. The van der Waals surface area contributed by atoms with Crippen molar-refractivity contribution in [3.8, 4) is 5.75 Å². The third-order valence-corrected chi connectivity index (χ3v) is 6.06. The molecule has 2 saturated heterocycles. The molecule has 5 heteroatoms. The van der Waals surface area contributed by atoms with Crippen LogP contribution in [0.1, 0.15) is 30.0 Å². The molecule has 2 aromatic rings. The molecule has 5 nitrogen and oxygen atoms in total. The van der Waals surface area contributed by atoms with Crippen molar-refractivity contribution in [1.29, 1.82) is 0 Å². The Morgan fingerprint density at radius 3 is 2.62 bits per heavy atom. The van der Waals surface area contributed by atoms with Gasteiger partial charge in [0.15, 0.2) is 0 Å². The van der Waals surface area contributed by atoms with E-state index in [1.807, 2.05) is 17.0 Å². The Morgan fingerprint density at radius 1 is 1.07 bits per heavy atom. The summed E-state index contributed by atoms with van der Waals surface area (Å²) in [5, 5.41) is 0. The van der Waals surface area contributed by atoms with Crippen LogP contribution in [0.4, 0.5) is 0 Å². The van der Waals surface area contributed by atoms with Gasteiger partial charge in [-0.15, -0.1) is 0 Å². The Balaban J connectivity index is 1.53. The fourth-order valence-electron chi connectivity index (χ4n) is 4.52. The summed E-state index contributed by atoms with van der Waals surface area (Å²) in [5.74, 6) is 1.21. The minimum absolute atomic E-state index is 0.0543. The maximum absolute atomic E-state index is 13.1. The summed E-state index contributed by atoms with van der Waals surface area (Å²) < 4.78 is 10.8. The lowest BCUT2D eigenvalue weighted by Crippen LogP contribution is -2.48. The molecule has 2 heterocycles. The second-order valence-corrected chi connectivity index (χ2v) is 7.92. The second kappa shape index (κ2) is 9.42. The van der Waals surface area contributed by atoms with Crippen LogP contribution in [0.2, 0.25) is 0 Å². The molecular weight excluding hydrogens is 364 g/mol. The van der Waals surface area contributed by atoms with E-state index in [1.165, 1.54) is 11.1 Å². The Kier molecular flexibility index (Phi) is 6.47. The molecule has 1 amide bonds. The molecule has 0 saturated carbocycles. The highest BCUT2D eigenvalue weighted by molar-refractivity contribution is 5.79. The molecule has 0 radical (unpaired) electrons. The lowest BCUT2D eigenvalue weighted by molar-refractivity contribution is -0.142. The maximum Gasteiger partial charge on any atom is 0.227 e. The van der Waals surface area contributed by atoms with E-state index in [1.54, 1.807) is 7.11 Å². The molecule has 2 unspecified atom stereocenters. The predicted octanol–water partition coefficient (Wildman–Crippen LogP) is 3.51. The molecular formula is C24H30N2O3. The number of carbonyl (C=O) groups is 1. The average molecular weight is 395 g/mol. The van der Waals surface area contributed by atoms with Crippen LogP contribution in [0.25, 0.3) is 0 Å². The Labute approximate surface area is 173 Å². The number of hydrogen-bond acceptors (Lipinski definition) is 4. The molecule has 154 valence electrons. The van der Waals surface area contributed by atoms with Gasteiger partial charge in [-0.1, -0.05) is 42.5 Å². The molecule has 2 aliphatic rings. The SMILES string of the molecule is COc1cccc(CN2CC(C(=O)N3CCOCC3)CCC2c2ccccc2)c1. The summed E-state index contributed by atoms with van der Waals surface area (Å²) >= 11 is 0. The normalized spacial score (nSPS) is 23.0. The number of hydrogen-bond donors (Lipinski definition) is 0. The smallest absolute Gasteiger partial charge is 0.227 e. The quantitative estimate of drug-likeness (QED) is 0.778. The average Bonchev–Trinajstić information content (AvgIpc) is 2.80. The number of benzene rings is 2. The summed E-state index contributed by atoms with van der Waals surface area (Å²) in [6, 6.07) is 19.2. The molecule has 4 rings (SSSR count). The van der Waals surface area contributed by atoms with Crippen LogP contribution in [-0.2, 0) is 16.1 Å². The molecule has 2 aromatic carbocycles. The Bertz CT molecular complexity index is 805. The van der Waals surface area contributed by atoms with Gasteiger partial charge in [-0.25, -0.2) is 0 Å². The summed E-state index contributed by atoms with van der Waals surface area (Å²) in [4.78, 5) is 17.6. The first-order chi connectivity index (χ1) is 14.2. The fourth-order valence-corrected chi connectivity index (χ4v) is 4.52. The van der Waals surface area contributed by atoms with Gasteiger partial charge in [-0.05, 0) is 36.1 Å². The van der Waals surface area contributed by atoms with E-state index in [2.05, 4.69) is 47.4 Å². The monoisotopic (exact) mass is 394 g/mol. The fraction of sp³-hybridized carbons (Fsp3) is 0.458. The van der Waals surface area contributed by atoms with Crippen molar-refractivity contribution < 1.29 is 14.3 Å². The summed E-state index contributed by atoms with van der Waals surface area (Å²) in [6.07, 6.45) is 1.93. The molecule has 29 heavy (non-hydrogen) atoms. The van der Waals surface area contributed by atoms with Crippen molar-refractivity contribution in [2.45, 2.75) is 25.4 Å². The van der Waals surface area contributed by atoms with Crippen LogP contribution in [0.15, 0.2) is 54.6 Å². The van der Waals surface area contributed by atoms with Gasteiger partial charge in [0.2, 0.25) is 5.91 Å². The van der Waals surface area contributed by atoms with Crippen molar-refractivity contribution in [2.75, 3.05) is 40.0 Å². The van der Waals surface area contributed by atoms with Crippen LogP contribution in [-0.4, -0.2) is 55.7 Å². The van der Waals surface area contributed by atoms with E-state index >= 15 is 0 Å². The third kappa shape index (κ3) is 4.80. The van der Waals surface area contributed by atoms with E-state index in [9.17, 15) is 4.79 Å². The van der Waals surface area contributed by atoms with E-state index in [0.29, 0.717) is 32.3 Å². The van der Waals surface area contributed by atoms with Crippen LogP contribution in [0.3, 0.4) is 0 Å². The highest BCUT2D eigenvalue weighted by Gasteiger charge is 2.35. The number of likely N-dealkylation sites (tertiary alicyclic amines) is 1. The lowest BCUT2D eigenvalue weighted by atomic mass is 9.87. The number of morpholine rings is 1. The highest BCUT2D eigenvalue weighted by atomic mass is 16.5. The zero-order valence-electron chi connectivity index (χ0n) is 17.1. The number of rotatable bonds is 5. The van der Waals surface area contributed by atoms with E-state index in [-0.39, 0.29) is 11.8 Å². The van der Waals surface area contributed by atoms with Gasteiger partial charge in [-0.2, -0.15) is 0 Å². The van der Waals surface area contributed by atoms with Crippen LogP contribution >= 0.6 is 0 Å². The van der Waals surface area contributed by atoms with Gasteiger partial charge in [0, 0.05) is 32.2 Å². The summed E-state index contributed by atoms with van der Waals surface area (Å²) in [6.45, 7) is 4.33. The van der Waals surface area contributed by atoms with E-state index < -0.39 is 0 Å². The maximum atomic E-state index is 13.1. The zero-order chi connectivity index (χ0) is 20.1. The first-order valence-electron chi connectivity index (χ1n) is 10.5. The molecule has 0 aromatic heterocycles. The van der Waals surface area contributed by atoms with E-state index in [0.717, 1.165) is 31.7 Å². The van der Waals surface area contributed by atoms with Gasteiger partial charge in [0.1, 0.15) is 5.75 Å². The minimum Gasteiger partial charge on any atom is -0.497 e. The van der Waals surface area contributed by atoms with Gasteiger partial charge in [-0.3, -0.25) is 9.69 Å². The first kappa shape index (κ1) is 19.9. The number of ether oxygens (including phenoxy) is 2. The number of methoxy groups -OCH3 is 1. The molecule has 2 aliphatic heterocycles. The van der Waals surface area contributed by atoms with Crippen molar-refractivity contribution in [2.24, 2.45) is 5.92 Å². The predicted molar refractivity (Wildman–Crippen MR) is 113 cm³/mol. The molecule has 0 bridgehead atoms. The second-order valence-electron chi connectivity index (χ2n) is 7.92. The number of piperidine rings is 1. The first-order valence-corrected chi connectivity index (χ1v) is 10.5. The molecule has 2 atom stereocenters. The minimum atomic E-state index is 0.0543. The van der Waals surface area contributed by atoms with Crippen molar-refractivity contribution in [3.63, 3.8) is 0 Å². The van der Waals surface area contributed by atoms with Gasteiger partial charge in [0.25, 0.3) is 0 Å². The number of amides is 1. The van der Waals surface area contributed by atoms with Crippen molar-refractivity contribution >= 4 is 5.91 Å². The largest absolute Gasteiger partial charge is 0.497 e. The van der Waals surface area contributed by atoms with E-state index in [4.69, 9.17) is 9.47 Å². The number of carbonyl (C=O) groups excluding carboxylic acids is 1. The zero-order valence-corrected chi connectivity index (χ0v) is 17.1. The number of nitrogens with zero attached hydrogens (tertiary/aromatic N) is 2. The van der Waals surface area contributed by atoms with Crippen LogP contribution in [0, 0.1) is 5.92 Å². The molecule has 2 fully saturated rings. The molecule has 0 spiro atoms. The summed E-state index contributed by atoms with van der Waals surface area (Å²) in [7, 11) is 1.70. The van der Waals surface area contributed by atoms with Crippen LogP contribution in [0.5, 0.6) is 5.75 Å². The Hall–Kier alpha value is -2.37. The Morgan fingerprint density at radius 2 is 1.86 bits per heavy atom. The van der Waals surface area contributed by atoms with Crippen molar-refractivity contribution in [3.05, 3.63) is 65.7 Å². The molecule has 0 aliphatic carbocycles. The van der Waals surface area contributed by atoms with Gasteiger partial charge in [0.05, 0.1) is 26.2 Å². The van der Waals surface area contributed by atoms with Gasteiger partial charge >= 0.3 is 0 Å². The van der Waals surface area contributed by atoms with Gasteiger partial charge < -0.3 is 14.4 Å². The lowest BCUT2D eigenvalue weighted by Gasteiger charge is -2.41. The highest BCUT2D eigenvalue weighted by Crippen LogP contribution is 2.35. The topological polar surface area (TPSA) is 42.0 Å². The standard InChI is InChI=1S/C24H30N2O3/c1-28-22-9-5-6-19(16-22)17-26-18-21(24(27)25-12-14-29-15-13-25)10-11-23(26)20-7-3-2-4-8-20/h2-9,16,21,23H,10-15,17-18H2,1H3. The molecule has 0 N–H and O–H groups in total.